The van der Waals surface area contributed by atoms with Gasteiger partial charge in [0.2, 0.25) is 0 Å². The first-order chi connectivity index (χ1) is 8.27. The van der Waals surface area contributed by atoms with Crippen LogP contribution < -0.4 is 0 Å². The number of nitrogens with zero attached hydrogens (tertiary/aromatic N) is 1. The topological polar surface area (TPSA) is 46.6 Å². The highest BCUT2D eigenvalue weighted by Gasteiger charge is 2.43. The van der Waals surface area contributed by atoms with Crippen molar-refractivity contribution in [3.8, 4) is 0 Å². The Morgan fingerprint density at radius 2 is 1.61 bits per heavy atom. The lowest BCUT2D eigenvalue weighted by atomic mass is 9.74. The first kappa shape index (κ1) is 15.0. The number of Topliss-reactive ketones (excluding diaryl/α,β-unsaturated/α-hetero) is 1. The van der Waals surface area contributed by atoms with Crippen molar-refractivity contribution < 1.29 is 14.3 Å². The third kappa shape index (κ3) is 2.85. The maximum atomic E-state index is 12.5. The molecule has 104 valence electrons. The minimum Gasteiger partial charge on any atom is -0.435 e. The summed E-state index contributed by atoms with van der Waals surface area (Å²) in [6.07, 6.45) is 2.17. The van der Waals surface area contributed by atoms with E-state index in [0.29, 0.717) is 0 Å². The van der Waals surface area contributed by atoms with Gasteiger partial charge >= 0.3 is 6.09 Å². The van der Waals surface area contributed by atoms with Crippen molar-refractivity contribution in [2.45, 2.75) is 59.5 Å². The summed E-state index contributed by atoms with van der Waals surface area (Å²) in [5.74, 6) is 0.00822. The van der Waals surface area contributed by atoms with Crippen LogP contribution in [0.15, 0.2) is 0 Å². The smallest absolute Gasteiger partial charge is 0.410 e. The lowest BCUT2D eigenvalue weighted by Gasteiger charge is -2.37. The first-order valence-electron chi connectivity index (χ1n) is 6.79. The predicted octanol–water partition coefficient (Wildman–Crippen LogP) is 3.00. The van der Waals surface area contributed by atoms with Crippen molar-refractivity contribution in [3.05, 3.63) is 0 Å². The lowest BCUT2D eigenvalue weighted by Crippen LogP contribution is -2.51. The second-order valence-electron chi connectivity index (χ2n) is 5.82. The van der Waals surface area contributed by atoms with Crippen LogP contribution in [-0.2, 0) is 9.53 Å². The molecule has 18 heavy (non-hydrogen) atoms. The van der Waals surface area contributed by atoms with Crippen LogP contribution in [0.4, 0.5) is 4.79 Å². The second-order valence-corrected chi connectivity index (χ2v) is 5.82. The fourth-order valence-electron chi connectivity index (χ4n) is 2.13. The van der Waals surface area contributed by atoms with E-state index in [-0.39, 0.29) is 11.9 Å². The Morgan fingerprint density at radius 1 is 1.11 bits per heavy atom. The maximum Gasteiger partial charge on any atom is 0.410 e. The number of carbonyl (C=O) groups excluding carboxylic acids is 2. The first-order valence-corrected chi connectivity index (χ1v) is 6.79. The highest BCUT2D eigenvalue weighted by atomic mass is 16.6. The Balaban J connectivity index is 2.72. The van der Waals surface area contributed by atoms with Crippen molar-refractivity contribution in [3.63, 3.8) is 0 Å². The molecule has 0 aromatic heterocycles. The average Bonchev–Trinajstić information content (AvgIpc) is 2.23. The number of hydrogen-bond acceptors (Lipinski definition) is 3. The number of likely N-dealkylation sites (tertiary alicyclic amines) is 1. The maximum absolute atomic E-state index is 12.5. The molecule has 0 aliphatic carbocycles. The largest absolute Gasteiger partial charge is 0.435 e. The Labute approximate surface area is 110 Å². The normalized spacial score (nSPS) is 16.2. The van der Waals surface area contributed by atoms with Crippen molar-refractivity contribution in [1.29, 1.82) is 0 Å². The zero-order valence-corrected chi connectivity index (χ0v) is 12.2. The molecule has 0 saturated carbocycles. The third-order valence-electron chi connectivity index (χ3n) is 4.11. The van der Waals surface area contributed by atoms with Gasteiger partial charge in [0, 0.05) is 18.5 Å². The molecule has 0 N–H and O–H groups in total. The molecule has 4 nitrogen and oxygen atoms in total. The Hall–Kier alpha value is -1.06. The van der Waals surface area contributed by atoms with Gasteiger partial charge in [0.1, 0.15) is 0 Å². The van der Waals surface area contributed by atoms with Crippen molar-refractivity contribution in [2.75, 3.05) is 13.1 Å². The van der Waals surface area contributed by atoms with Crippen LogP contribution in [0.2, 0.25) is 0 Å². The molecule has 0 radical (unpaired) electrons. The molecule has 1 fully saturated rings. The minimum absolute atomic E-state index is 0.00822. The van der Waals surface area contributed by atoms with Gasteiger partial charge in [0.15, 0.2) is 11.4 Å². The zero-order chi connectivity index (χ0) is 14.0. The summed E-state index contributed by atoms with van der Waals surface area (Å²) >= 11 is 0. The van der Waals surface area contributed by atoms with Crippen molar-refractivity contribution in [1.82, 2.24) is 4.90 Å². The SMILES string of the molecule is CCC(C)(CC)C(=O)C(C)(C)OC(=O)N1CCC1. The van der Waals surface area contributed by atoms with E-state index in [2.05, 4.69) is 0 Å². The van der Waals surface area contributed by atoms with Crippen LogP contribution in [0.1, 0.15) is 53.9 Å². The summed E-state index contributed by atoms with van der Waals surface area (Å²) < 4.78 is 5.39. The number of amides is 1. The predicted molar refractivity (Wildman–Crippen MR) is 70.4 cm³/mol. The Bertz CT molecular complexity index is 328. The molecule has 1 heterocycles. The van der Waals surface area contributed by atoms with E-state index in [0.717, 1.165) is 32.4 Å². The number of ketones is 1. The quantitative estimate of drug-likeness (QED) is 0.758. The van der Waals surface area contributed by atoms with E-state index in [1.165, 1.54) is 0 Å². The molecular formula is C14H25NO3. The van der Waals surface area contributed by atoms with Gasteiger partial charge in [0.05, 0.1) is 0 Å². The van der Waals surface area contributed by atoms with Gasteiger partial charge in [-0.15, -0.1) is 0 Å². The summed E-state index contributed by atoms with van der Waals surface area (Å²) in [4.78, 5) is 25.9. The molecule has 1 rings (SSSR count). The molecule has 1 aliphatic rings. The molecule has 0 bridgehead atoms. The zero-order valence-electron chi connectivity index (χ0n) is 12.2. The molecule has 0 aromatic rings. The fourth-order valence-corrected chi connectivity index (χ4v) is 2.13. The summed E-state index contributed by atoms with van der Waals surface area (Å²) in [7, 11) is 0. The van der Waals surface area contributed by atoms with Gasteiger partial charge in [0.25, 0.3) is 0 Å². The summed E-state index contributed by atoms with van der Waals surface area (Å²) in [6.45, 7) is 10.8. The van der Waals surface area contributed by atoms with E-state index in [1.54, 1.807) is 18.7 Å². The van der Waals surface area contributed by atoms with Gasteiger partial charge in [-0.3, -0.25) is 4.79 Å². The minimum atomic E-state index is -1.05. The monoisotopic (exact) mass is 255 g/mol. The van der Waals surface area contributed by atoms with E-state index in [9.17, 15) is 9.59 Å². The van der Waals surface area contributed by atoms with Crippen LogP contribution in [-0.4, -0.2) is 35.5 Å². The van der Waals surface area contributed by atoms with Crippen molar-refractivity contribution >= 4 is 11.9 Å². The van der Waals surface area contributed by atoms with E-state index in [4.69, 9.17) is 4.74 Å². The number of carbonyl (C=O) groups is 2. The van der Waals surface area contributed by atoms with E-state index < -0.39 is 11.0 Å². The van der Waals surface area contributed by atoms with Crippen LogP contribution in [0.25, 0.3) is 0 Å². The molecule has 0 aromatic carbocycles. The third-order valence-corrected chi connectivity index (χ3v) is 4.11. The van der Waals surface area contributed by atoms with E-state index in [1.807, 2.05) is 20.8 Å². The van der Waals surface area contributed by atoms with Gasteiger partial charge in [-0.05, 0) is 33.1 Å². The van der Waals surface area contributed by atoms with Crippen LogP contribution in [0.3, 0.4) is 0 Å². The number of ether oxygens (including phenoxy) is 1. The summed E-state index contributed by atoms with van der Waals surface area (Å²) in [6, 6.07) is 0. The molecule has 0 unspecified atom stereocenters. The molecule has 1 aliphatic heterocycles. The molecular weight excluding hydrogens is 230 g/mol. The van der Waals surface area contributed by atoms with Crippen LogP contribution >= 0.6 is 0 Å². The summed E-state index contributed by atoms with van der Waals surface area (Å²) in [5.41, 5.74) is -1.47. The summed E-state index contributed by atoms with van der Waals surface area (Å²) in [5, 5.41) is 0. The van der Waals surface area contributed by atoms with Crippen LogP contribution in [0, 0.1) is 5.41 Å². The standard InChI is InChI=1S/C14H25NO3/c1-6-14(5,7-2)11(16)13(3,4)18-12(17)15-9-8-10-15/h6-10H2,1-5H3. The highest BCUT2D eigenvalue weighted by Crippen LogP contribution is 2.33. The number of hydrogen-bond donors (Lipinski definition) is 0. The highest BCUT2D eigenvalue weighted by molar-refractivity contribution is 5.93. The van der Waals surface area contributed by atoms with Crippen LogP contribution in [0.5, 0.6) is 0 Å². The molecule has 1 saturated heterocycles. The van der Waals surface area contributed by atoms with Gasteiger partial charge < -0.3 is 9.64 Å². The van der Waals surface area contributed by atoms with Gasteiger partial charge in [-0.2, -0.15) is 0 Å². The number of rotatable bonds is 5. The molecule has 4 heteroatoms. The van der Waals surface area contributed by atoms with Crippen molar-refractivity contribution in [2.24, 2.45) is 5.41 Å². The van der Waals surface area contributed by atoms with E-state index >= 15 is 0 Å². The second kappa shape index (κ2) is 5.29. The molecule has 0 atom stereocenters. The molecule has 0 spiro atoms. The lowest BCUT2D eigenvalue weighted by molar-refractivity contribution is -0.146. The Morgan fingerprint density at radius 3 is 1.94 bits per heavy atom. The van der Waals surface area contributed by atoms with Gasteiger partial charge in [-0.25, -0.2) is 4.79 Å². The fraction of sp³-hybridized carbons (Fsp3) is 0.857. The molecule has 1 amide bonds. The Kier molecular flexibility index (Phi) is 4.41. The average molecular weight is 255 g/mol. The van der Waals surface area contributed by atoms with Gasteiger partial charge in [-0.1, -0.05) is 20.8 Å².